The average Bonchev–Trinajstić information content (AvgIpc) is 2.88. The standard InChI is InChI=1S/C6H8OS.C5H6OS/c1-5-3-4-6(7-2)8-5;1-6-5-3-2-4-7-5/h3-4H,1-2H3;2-4H,1H3. The molecular formula is C11H14O2S2. The first-order chi connectivity index (χ1) is 7.26. The van der Waals surface area contributed by atoms with Crippen molar-refractivity contribution in [1.29, 1.82) is 0 Å². The maximum atomic E-state index is 4.95. The highest BCUT2D eigenvalue weighted by Crippen LogP contribution is 2.22. The van der Waals surface area contributed by atoms with Crippen molar-refractivity contribution in [3.8, 4) is 10.1 Å². The zero-order chi connectivity index (χ0) is 11.1. The smallest absolute Gasteiger partial charge is 0.173 e. The number of methoxy groups -OCH3 is 2. The molecule has 0 fully saturated rings. The fraction of sp³-hybridized carbons (Fsp3) is 0.273. The highest BCUT2D eigenvalue weighted by Gasteiger charge is 1.90. The van der Waals surface area contributed by atoms with Crippen LogP contribution in [-0.2, 0) is 0 Å². The molecule has 15 heavy (non-hydrogen) atoms. The van der Waals surface area contributed by atoms with E-state index in [9.17, 15) is 0 Å². The Morgan fingerprint density at radius 1 is 1.00 bits per heavy atom. The van der Waals surface area contributed by atoms with Crippen LogP contribution in [-0.4, -0.2) is 14.2 Å². The lowest BCUT2D eigenvalue weighted by atomic mass is 10.5. The van der Waals surface area contributed by atoms with Crippen LogP contribution in [0, 0.1) is 6.92 Å². The Morgan fingerprint density at radius 3 is 2.00 bits per heavy atom. The van der Waals surface area contributed by atoms with Crippen molar-refractivity contribution < 1.29 is 9.47 Å². The monoisotopic (exact) mass is 242 g/mol. The third kappa shape index (κ3) is 4.36. The van der Waals surface area contributed by atoms with E-state index in [-0.39, 0.29) is 0 Å². The van der Waals surface area contributed by atoms with Gasteiger partial charge in [-0.15, -0.1) is 22.7 Å². The van der Waals surface area contributed by atoms with E-state index in [2.05, 4.69) is 6.92 Å². The molecule has 0 N–H and O–H groups in total. The van der Waals surface area contributed by atoms with Gasteiger partial charge in [0.1, 0.15) is 0 Å². The SMILES string of the molecule is COc1ccc(C)s1.COc1cccs1. The second-order valence-corrected chi connectivity index (χ2v) is 4.87. The van der Waals surface area contributed by atoms with Crippen LogP contribution >= 0.6 is 22.7 Å². The first-order valence-corrected chi connectivity index (χ1v) is 6.13. The van der Waals surface area contributed by atoms with Gasteiger partial charge in [0.25, 0.3) is 0 Å². The van der Waals surface area contributed by atoms with E-state index in [1.54, 1.807) is 36.9 Å². The molecule has 0 spiro atoms. The van der Waals surface area contributed by atoms with Crippen molar-refractivity contribution in [2.75, 3.05) is 14.2 Å². The van der Waals surface area contributed by atoms with Crippen molar-refractivity contribution in [2.24, 2.45) is 0 Å². The van der Waals surface area contributed by atoms with Crippen molar-refractivity contribution in [3.63, 3.8) is 0 Å². The first kappa shape index (κ1) is 12.1. The summed E-state index contributed by atoms with van der Waals surface area (Å²) >= 11 is 3.27. The molecule has 82 valence electrons. The quantitative estimate of drug-likeness (QED) is 0.797. The first-order valence-electron chi connectivity index (χ1n) is 4.44. The summed E-state index contributed by atoms with van der Waals surface area (Å²) in [6.07, 6.45) is 0. The summed E-state index contributed by atoms with van der Waals surface area (Å²) in [5, 5.41) is 3.95. The van der Waals surface area contributed by atoms with Gasteiger partial charge in [-0.3, -0.25) is 0 Å². The van der Waals surface area contributed by atoms with E-state index in [1.165, 1.54) is 4.88 Å². The lowest BCUT2D eigenvalue weighted by Gasteiger charge is -1.87. The van der Waals surface area contributed by atoms with Crippen LogP contribution in [0.5, 0.6) is 10.1 Å². The number of hydrogen-bond acceptors (Lipinski definition) is 4. The van der Waals surface area contributed by atoms with Crippen LogP contribution in [0.3, 0.4) is 0 Å². The van der Waals surface area contributed by atoms with E-state index >= 15 is 0 Å². The third-order valence-electron chi connectivity index (χ3n) is 1.61. The summed E-state index contributed by atoms with van der Waals surface area (Å²) in [4.78, 5) is 1.29. The maximum absolute atomic E-state index is 4.95. The van der Waals surface area contributed by atoms with Crippen molar-refractivity contribution >= 4 is 22.7 Å². The number of rotatable bonds is 2. The predicted octanol–water partition coefficient (Wildman–Crippen LogP) is 3.82. The Labute approximate surface area is 98.1 Å². The summed E-state index contributed by atoms with van der Waals surface area (Å²) < 4.78 is 9.83. The third-order valence-corrected chi connectivity index (χ3v) is 3.40. The molecule has 0 unspecified atom stereocenters. The molecular weight excluding hydrogens is 228 g/mol. The summed E-state index contributed by atoms with van der Waals surface area (Å²) in [6, 6.07) is 7.91. The molecule has 2 nitrogen and oxygen atoms in total. The van der Waals surface area contributed by atoms with Crippen molar-refractivity contribution in [2.45, 2.75) is 6.92 Å². The van der Waals surface area contributed by atoms with E-state index in [0.717, 1.165) is 10.1 Å². The van der Waals surface area contributed by atoms with Gasteiger partial charge in [0.15, 0.2) is 10.1 Å². The Hall–Kier alpha value is -1.00. The van der Waals surface area contributed by atoms with Gasteiger partial charge < -0.3 is 9.47 Å². The second-order valence-electron chi connectivity index (χ2n) is 2.71. The van der Waals surface area contributed by atoms with Gasteiger partial charge in [-0.05, 0) is 36.6 Å². The molecule has 4 heteroatoms. The predicted molar refractivity (Wildman–Crippen MR) is 66.5 cm³/mol. The molecule has 0 saturated carbocycles. The number of thiophene rings is 2. The van der Waals surface area contributed by atoms with Crippen molar-refractivity contribution in [1.82, 2.24) is 0 Å². The van der Waals surface area contributed by atoms with E-state index < -0.39 is 0 Å². The Kier molecular flexibility index (Phi) is 5.21. The molecule has 2 rings (SSSR count). The van der Waals surface area contributed by atoms with E-state index in [4.69, 9.17) is 9.47 Å². The summed E-state index contributed by atoms with van der Waals surface area (Å²) in [6.45, 7) is 2.06. The van der Waals surface area contributed by atoms with Crippen LogP contribution in [0.25, 0.3) is 0 Å². The lowest BCUT2D eigenvalue weighted by molar-refractivity contribution is 0.427. The summed E-state index contributed by atoms with van der Waals surface area (Å²) in [5.41, 5.74) is 0. The van der Waals surface area contributed by atoms with Crippen LogP contribution in [0.2, 0.25) is 0 Å². The van der Waals surface area contributed by atoms with Gasteiger partial charge in [0, 0.05) is 4.88 Å². The zero-order valence-electron chi connectivity index (χ0n) is 9.02. The van der Waals surface area contributed by atoms with Crippen LogP contribution in [0.1, 0.15) is 4.88 Å². The minimum Gasteiger partial charge on any atom is -0.487 e. The molecule has 2 heterocycles. The molecule has 0 aliphatic rings. The second kappa shape index (κ2) is 6.48. The molecule has 0 aliphatic carbocycles. The number of ether oxygens (including phenoxy) is 2. The molecule has 0 saturated heterocycles. The average molecular weight is 242 g/mol. The largest absolute Gasteiger partial charge is 0.487 e. The highest BCUT2D eigenvalue weighted by atomic mass is 32.1. The van der Waals surface area contributed by atoms with Crippen LogP contribution in [0.4, 0.5) is 0 Å². The molecule has 0 aromatic carbocycles. The summed E-state index contributed by atoms with van der Waals surface area (Å²) in [7, 11) is 3.36. The lowest BCUT2D eigenvalue weighted by Crippen LogP contribution is -1.73. The minimum atomic E-state index is 0.972. The molecule has 0 atom stereocenters. The Bertz CT molecular complexity index is 366. The minimum absolute atomic E-state index is 0.972. The van der Waals surface area contributed by atoms with Gasteiger partial charge in [-0.2, -0.15) is 0 Å². The molecule has 0 amide bonds. The summed E-state index contributed by atoms with van der Waals surface area (Å²) in [5.74, 6) is 0. The molecule has 0 radical (unpaired) electrons. The van der Waals surface area contributed by atoms with Gasteiger partial charge in [0.05, 0.1) is 14.2 Å². The number of hydrogen-bond donors (Lipinski definition) is 0. The molecule has 0 aliphatic heterocycles. The van der Waals surface area contributed by atoms with Crippen molar-refractivity contribution in [3.05, 3.63) is 34.5 Å². The van der Waals surface area contributed by atoms with Crippen LogP contribution in [0.15, 0.2) is 29.6 Å². The van der Waals surface area contributed by atoms with Crippen LogP contribution < -0.4 is 9.47 Å². The Balaban J connectivity index is 0.000000151. The molecule has 0 bridgehead atoms. The van der Waals surface area contributed by atoms with E-state index in [0.29, 0.717) is 0 Å². The fourth-order valence-electron chi connectivity index (χ4n) is 0.901. The zero-order valence-corrected chi connectivity index (χ0v) is 10.7. The van der Waals surface area contributed by atoms with Gasteiger partial charge >= 0.3 is 0 Å². The topological polar surface area (TPSA) is 18.5 Å². The van der Waals surface area contributed by atoms with Gasteiger partial charge in [-0.1, -0.05) is 0 Å². The normalized spacial score (nSPS) is 9.00. The Morgan fingerprint density at radius 2 is 1.73 bits per heavy atom. The van der Waals surface area contributed by atoms with Gasteiger partial charge in [0.2, 0.25) is 0 Å². The van der Waals surface area contributed by atoms with E-state index in [1.807, 2.05) is 29.6 Å². The highest BCUT2D eigenvalue weighted by molar-refractivity contribution is 7.13. The fourth-order valence-corrected chi connectivity index (χ4v) is 2.12. The number of aryl methyl sites for hydroxylation is 1. The maximum Gasteiger partial charge on any atom is 0.173 e. The van der Waals surface area contributed by atoms with Gasteiger partial charge in [-0.25, -0.2) is 0 Å². The molecule has 2 aromatic heterocycles. The molecule has 2 aromatic rings.